The topological polar surface area (TPSA) is 0 Å². The molecule has 0 spiro atoms. The van der Waals surface area contributed by atoms with Gasteiger partial charge >= 0.3 is 0 Å². The number of hydrogen-bond acceptors (Lipinski definition) is 0. The van der Waals surface area contributed by atoms with Crippen molar-refractivity contribution in [3.8, 4) is 22.3 Å². The first-order valence-corrected chi connectivity index (χ1v) is 8.66. The Labute approximate surface area is 152 Å². The molecule has 0 fully saturated rings. The monoisotopic (exact) mass is 394 g/mol. The van der Waals surface area contributed by atoms with E-state index in [4.69, 9.17) is 0 Å². The Balaban J connectivity index is 2.01. The minimum Gasteiger partial charge on any atom is -0.206 e. The van der Waals surface area contributed by atoms with Crippen molar-refractivity contribution < 1.29 is 8.78 Å². The number of benzene rings is 4. The smallest absolute Gasteiger partial charge is 0.140 e. The highest BCUT2D eigenvalue weighted by molar-refractivity contribution is 9.10. The van der Waals surface area contributed by atoms with Gasteiger partial charge in [0.2, 0.25) is 0 Å². The minimum absolute atomic E-state index is 0.250. The Bertz CT molecular complexity index is 1070. The van der Waals surface area contributed by atoms with Gasteiger partial charge in [-0.25, -0.2) is 8.78 Å². The normalized spacial score (nSPS) is 11.0. The molecule has 4 aromatic rings. The van der Waals surface area contributed by atoms with Crippen LogP contribution < -0.4 is 0 Å². The maximum atomic E-state index is 14.4. The van der Waals surface area contributed by atoms with E-state index in [0.29, 0.717) is 5.56 Å². The van der Waals surface area contributed by atoms with Crippen molar-refractivity contribution in [2.45, 2.75) is 0 Å². The molecule has 0 saturated carbocycles. The van der Waals surface area contributed by atoms with Crippen LogP contribution in [0.3, 0.4) is 0 Å². The van der Waals surface area contributed by atoms with Gasteiger partial charge in [-0.2, -0.15) is 0 Å². The van der Waals surface area contributed by atoms with Gasteiger partial charge < -0.3 is 0 Å². The summed E-state index contributed by atoms with van der Waals surface area (Å²) in [5.74, 6) is -1.18. The molecule has 0 amide bonds. The van der Waals surface area contributed by atoms with Crippen LogP contribution >= 0.6 is 15.9 Å². The fraction of sp³-hybridized carbons (Fsp3) is 0. The van der Waals surface area contributed by atoms with Crippen LogP contribution in [0.5, 0.6) is 0 Å². The molecule has 25 heavy (non-hydrogen) atoms. The van der Waals surface area contributed by atoms with Crippen LogP contribution in [0.1, 0.15) is 0 Å². The standard InChI is InChI=1S/C22H13BrF2/c23-20-12-19(21(24)13-22(20)25)18-11-5-9-16-15(8-4-10-17(16)18)14-6-2-1-3-7-14/h1-13H. The van der Waals surface area contributed by atoms with Crippen molar-refractivity contribution in [1.29, 1.82) is 0 Å². The van der Waals surface area contributed by atoms with Gasteiger partial charge in [-0.3, -0.25) is 0 Å². The lowest BCUT2D eigenvalue weighted by molar-refractivity contribution is 0.581. The SMILES string of the molecule is Fc1cc(F)c(-c2cccc3c(-c4ccccc4)cccc23)cc1Br. The van der Waals surface area contributed by atoms with Crippen LogP contribution in [-0.2, 0) is 0 Å². The summed E-state index contributed by atoms with van der Waals surface area (Å²) >= 11 is 3.15. The van der Waals surface area contributed by atoms with Crippen molar-refractivity contribution in [3.63, 3.8) is 0 Å². The number of rotatable bonds is 2. The molecule has 0 aromatic heterocycles. The van der Waals surface area contributed by atoms with E-state index in [-0.39, 0.29) is 4.47 Å². The molecule has 122 valence electrons. The lowest BCUT2D eigenvalue weighted by Crippen LogP contribution is -1.90. The van der Waals surface area contributed by atoms with Gasteiger partial charge in [-0.05, 0) is 49.5 Å². The maximum absolute atomic E-state index is 14.4. The lowest BCUT2D eigenvalue weighted by Gasteiger charge is -2.12. The molecule has 0 unspecified atom stereocenters. The molecule has 4 aromatic carbocycles. The Kier molecular flexibility index (Phi) is 4.10. The van der Waals surface area contributed by atoms with Gasteiger partial charge in [0, 0.05) is 11.6 Å². The zero-order valence-electron chi connectivity index (χ0n) is 13.1. The largest absolute Gasteiger partial charge is 0.206 e. The highest BCUT2D eigenvalue weighted by Gasteiger charge is 2.14. The molecule has 0 bridgehead atoms. The van der Waals surface area contributed by atoms with E-state index in [1.807, 2.05) is 48.5 Å². The second-order valence-electron chi connectivity index (χ2n) is 5.82. The summed E-state index contributed by atoms with van der Waals surface area (Å²) in [7, 11) is 0. The predicted molar refractivity (Wildman–Crippen MR) is 102 cm³/mol. The molecule has 0 aliphatic rings. The summed E-state index contributed by atoms with van der Waals surface area (Å²) in [6.07, 6.45) is 0. The molecule has 0 heterocycles. The summed E-state index contributed by atoms with van der Waals surface area (Å²) in [6.45, 7) is 0. The summed E-state index contributed by atoms with van der Waals surface area (Å²) < 4.78 is 28.2. The molecule has 4 rings (SSSR count). The molecule has 0 nitrogen and oxygen atoms in total. The van der Waals surface area contributed by atoms with Crippen molar-refractivity contribution in [2.75, 3.05) is 0 Å². The van der Waals surface area contributed by atoms with Gasteiger partial charge in [0.1, 0.15) is 11.6 Å². The Morgan fingerprint density at radius 3 is 1.92 bits per heavy atom. The Morgan fingerprint density at radius 1 is 0.560 bits per heavy atom. The molecule has 0 N–H and O–H groups in total. The quantitative estimate of drug-likeness (QED) is 0.315. The van der Waals surface area contributed by atoms with Crippen molar-refractivity contribution in [3.05, 3.63) is 95.0 Å². The maximum Gasteiger partial charge on any atom is 0.140 e. The van der Waals surface area contributed by atoms with Crippen LogP contribution in [0, 0.1) is 11.6 Å². The van der Waals surface area contributed by atoms with Crippen LogP contribution in [0.15, 0.2) is 83.3 Å². The zero-order valence-corrected chi connectivity index (χ0v) is 14.7. The van der Waals surface area contributed by atoms with E-state index in [9.17, 15) is 8.78 Å². The molecule has 0 aliphatic heterocycles. The number of hydrogen-bond donors (Lipinski definition) is 0. The van der Waals surface area contributed by atoms with Crippen LogP contribution in [-0.4, -0.2) is 0 Å². The summed E-state index contributed by atoms with van der Waals surface area (Å²) in [5.41, 5.74) is 3.31. The van der Waals surface area contributed by atoms with E-state index < -0.39 is 11.6 Å². The van der Waals surface area contributed by atoms with Gasteiger partial charge in [-0.1, -0.05) is 66.7 Å². The van der Waals surface area contributed by atoms with E-state index in [1.54, 1.807) is 0 Å². The van der Waals surface area contributed by atoms with E-state index in [2.05, 4.69) is 34.1 Å². The fourth-order valence-electron chi connectivity index (χ4n) is 3.14. The van der Waals surface area contributed by atoms with Crippen molar-refractivity contribution in [1.82, 2.24) is 0 Å². The molecule has 3 heteroatoms. The molecule has 0 aliphatic carbocycles. The third-order valence-electron chi connectivity index (χ3n) is 4.31. The van der Waals surface area contributed by atoms with Crippen molar-refractivity contribution >= 4 is 26.7 Å². The number of halogens is 3. The molecule has 0 saturated heterocycles. The highest BCUT2D eigenvalue weighted by Crippen LogP contribution is 2.37. The fourth-order valence-corrected chi connectivity index (χ4v) is 3.49. The summed E-state index contributed by atoms with van der Waals surface area (Å²) in [6, 6.07) is 24.3. The van der Waals surface area contributed by atoms with Gasteiger partial charge in [0.25, 0.3) is 0 Å². The van der Waals surface area contributed by atoms with Gasteiger partial charge in [0.15, 0.2) is 0 Å². The number of fused-ring (bicyclic) bond motifs is 1. The third-order valence-corrected chi connectivity index (χ3v) is 4.91. The molecular formula is C22H13BrF2. The summed E-state index contributed by atoms with van der Waals surface area (Å²) in [5, 5.41) is 1.97. The lowest BCUT2D eigenvalue weighted by atomic mass is 9.93. The summed E-state index contributed by atoms with van der Waals surface area (Å²) in [4.78, 5) is 0. The average molecular weight is 395 g/mol. The first kappa shape index (κ1) is 16.0. The van der Waals surface area contributed by atoms with E-state index in [1.165, 1.54) is 6.07 Å². The van der Waals surface area contributed by atoms with Crippen LogP contribution in [0.25, 0.3) is 33.0 Å². The van der Waals surface area contributed by atoms with Crippen LogP contribution in [0.4, 0.5) is 8.78 Å². The van der Waals surface area contributed by atoms with Crippen LogP contribution in [0.2, 0.25) is 0 Å². The molecule has 0 atom stereocenters. The predicted octanol–water partition coefficient (Wildman–Crippen LogP) is 7.21. The zero-order chi connectivity index (χ0) is 17.4. The minimum atomic E-state index is -0.605. The van der Waals surface area contributed by atoms with E-state index >= 15 is 0 Å². The second kappa shape index (κ2) is 6.41. The third kappa shape index (κ3) is 2.85. The molecule has 0 radical (unpaired) electrons. The van der Waals surface area contributed by atoms with Gasteiger partial charge in [0.05, 0.1) is 4.47 Å². The van der Waals surface area contributed by atoms with Crippen molar-refractivity contribution in [2.24, 2.45) is 0 Å². The Hall–Kier alpha value is -2.52. The van der Waals surface area contributed by atoms with E-state index in [0.717, 1.165) is 33.5 Å². The highest BCUT2D eigenvalue weighted by atomic mass is 79.9. The first-order chi connectivity index (χ1) is 12.1. The first-order valence-electron chi connectivity index (χ1n) is 7.87. The second-order valence-corrected chi connectivity index (χ2v) is 6.67. The Morgan fingerprint density at radius 2 is 1.20 bits per heavy atom. The molecular weight excluding hydrogens is 382 g/mol. The van der Waals surface area contributed by atoms with Gasteiger partial charge in [-0.15, -0.1) is 0 Å². The average Bonchev–Trinajstić information content (AvgIpc) is 2.64.